The monoisotopic (exact) mass is 506 g/mol. The molecular formula is C26H26N4O3S2. The Bertz CT molecular complexity index is 1440. The molecule has 3 heterocycles. The van der Waals surface area contributed by atoms with Gasteiger partial charge in [-0.05, 0) is 42.6 Å². The third kappa shape index (κ3) is 4.54. The number of rotatable bonds is 6. The number of sulfonamides is 1. The molecular weight excluding hydrogens is 480 g/mol. The lowest BCUT2D eigenvalue weighted by Gasteiger charge is -2.27. The third-order valence-corrected chi connectivity index (χ3v) is 9.52. The minimum Gasteiger partial charge on any atom is -0.302 e. The topological polar surface area (TPSA) is 75.5 Å². The number of carbonyl (C=O) groups is 1. The molecule has 0 unspecified atom stereocenters. The van der Waals surface area contributed by atoms with Crippen molar-refractivity contribution in [2.45, 2.75) is 30.6 Å². The first-order chi connectivity index (χ1) is 16.8. The van der Waals surface area contributed by atoms with Crippen LogP contribution in [-0.2, 0) is 36.6 Å². The van der Waals surface area contributed by atoms with E-state index in [0.29, 0.717) is 28.4 Å². The van der Waals surface area contributed by atoms with E-state index in [9.17, 15) is 13.2 Å². The van der Waals surface area contributed by atoms with Gasteiger partial charge in [-0.1, -0.05) is 42.0 Å². The Morgan fingerprint density at radius 1 is 1.06 bits per heavy atom. The van der Waals surface area contributed by atoms with E-state index in [2.05, 4.69) is 0 Å². The largest absolute Gasteiger partial charge is 0.302 e. The van der Waals surface area contributed by atoms with E-state index in [-0.39, 0.29) is 19.0 Å². The number of anilines is 1. The Balaban J connectivity index is 1.50. The summed E-state index contributed by atoms with van der Waals surface area (Å²) in [7, 11) is -1.70. The number of para-hydroxylation sites is 1. The van der Waals surface area contributed by atoms with Crippen LogP contribution in [0.15, 0.2) is 76.3 Å². The van der Waals surface area contributed by atoms with E-state index in [1.165, 1.54) is 15.6 Å². The maximum atomic E-state index is 13.6. The maximum Gasteiger partial charge on any atom is 0.258 e. The first-order valence-electron chi connectivity index (χ1n) is 11.4. The summed E-state index contributed by atoms with van der Waals surface area (Å²) in [4.78, 5) is 15.3. The van der Waals surface area contributed by atoms with Crippen LogP contribution >= 0.6 is 11.3 Å². The van der Waals surface area contributed by atoms with E-state index < -0.39 is 10.0 Å². The zero-order chi connectivity index (χ0) is 24.6. The van der Waals surface area contributed by atoms with E-state index in [0.717, 1.165) is 22.5 Å². The van der Waals surface area contributed by atoms with Crippen LogP contribution < -0.4 is 4.90 Å². The highest BCUT2D eigenvalue weighted by Gasteiger charge is 2.33. The fourth-order valence-electron chi connectivity index (χ4n) is 4.40. The average Bonchev–Trinajstić information content (AvgIpc) is 3.52. The van der Waals surface area contributed by atoms with Gasteiger partial charge in [-0.2, -0.15) is 9.40 Å². The number of nitrogens with zero attached hydrogens (tertiary/aromatic N) is 4. The minimum absolute atomic E-state index is 0.130. The fraction of sp³-hybridized carbons (Fsp3) is 0.231. The molecule has 1 aliphatic rings. The number of aromatic nitrogens is 2. The van der Waals surface area contributed by atoms with E-state index >= 15 is 0 Å². The summed E-state index contributed by atoms with van der Waals surface area (Å²) in [5, 5.41) is 6.50. The van der Waals surface area contributed by atoms with Crippen LogP contribution in [0.4, 0.5) is 5.69 Å². The summed E-state index contributed by atoms with van der Waals surface area (Å²) >= 11 is 1.22. The van der Waals surface area contributed by atoms with E-state index in [1.54, 1.807) is 22.4 Å². The number of benzene rings is 2. The Kier molecular flexibility index (Phi) is 6.31. The van der Waals surface area contributed by atoms with Crippen LogP contribution in [0.2, 0.25) is 0 Å². The van der Waals surface area contributed by atoms with Gasteiger partial charge < -0.3 is 4.90 Å². The lowest BCUT2D eigenvalue weighted by Crippen LogP contribution is -2.36. The molecule has 9 heteroatoms. The molecule has 35 heavy (non-hydrogen) atoms. The molecule has 0 fully saturated rings. The molecule has 2 aromatic carbocycles. The number of amides is 1. The highest BCUT2D eigenvalue weighted by Crippen LogP contribution is 2.30. The SMILES string of the molecule is Cc1ccc(C(=O)N(Cc2nn(C)c3c2CN(S(=O)(=O)c2cccs2)CC3)c2ccccc2)cc1. The molecule has 7 nitrogen and oxygen atoms in total. The summed E-state index contributed by atoms with van der Waals surface area (Å²) < 4.78 is 30.0. The molecule has 180 valence electrons. The number of aryl methyl sites for hydroxylation is 2. The molecule has 1 amide bonds. The van der Waals surface area contributed by atoms with Gasteiger partial charge in [-0.15, -0.1) is 11.3 Å². The number of hydrogen-bond donors (Lipinski definition) is 0. The van der Waals surface area contributed by atoms with Crippen LogP contribution in [-0.4, -0.2) is 35.0 Å². The smallest absolute Gasteiger partial charge is 0.258 e. The minimum atomic E-state index is -3.58. The molecule has 0 bridgehead atoms. The summed E-state index contributed by atoms with van der Waals surface area (Å²) in [6.07, 6.45) is 0.570. The first-order valence-corrected chi connectivity index (χ1v) is 13.7. The van der Waals surface area contributed by atoms with Crippen LogP contribution in [0.5, 0.6) is 0 Å². The van der Waals surface area contributed by atoms with Crippen molar-refractivity contribution < 1.29 is 13.2 Å². The predicted molar refractivity (Wildman–Crippen MR) is 137 cm³/mol. The fourth-order valence-corrected chi connectivity index (χ4v) is 6.96. The van der Waals surface area contributed by atoms with Gasteiger partial charge in [0.25, 0.3) is 15.9 Å². The average molecular weight is 507 g/mol. The molecule has 5 rings (SSSR count). The number of hydrogen-bond acceptors (Lipinski definition) is 5. The summed E-state index contributed by atoms with van der Waals surface area (Å²) in [5.41, 5.74) is 5.02. The number of fused-ring (bicyclic) bond motifs is 1. The van der Waals surface area contributed by atoms with Gasteiger partial charge in [0.1, 0.15) is 4.21 Å². The van der Waals surface area contributed by atoms with Crippen LogP contribution in [0, 0.1) is 6.92 Å². The Hall–Kier alpha value is -3.27. The second-order valence-electron chi connectivity index (χ2n) is 8.61. The molecule has 0 N–H and O–H groups in total. The predicted octanol–water partition coefficient (Wildman–Crippen LogP) is 4.38. The zero-order valence-corrected chi connectivity index (χ0v) is 21.2. The lowest BCUT2D eigenvalue weighted by atomic mass is 10.1. The number of carbonyl (C=O) groups excluding carboxylic acids is 1. The van der Waals surface area contributed by atoms with Crippen molar-refractivity contribution in [1.82, 2.24) is 14.1 Å². The van der Waals surface area contributed by atoms with Crippen LogP contribution in [0.3, 0.4) is 0 Å². The van der Waals surface area contributed by atoms with Crippen LogP contribution in [0.1, 0.15) is 32.9 Å². The Labute approximate surface area is 209 Å². The van der Waals surface area contributed by atoms with Crippen molar-refractivity contribution >= 4 is 33.0 Å². The molecule has 0 spiro atoms. The van der Waals surface area contributed by atoms with Gasteiger partial charge >= 0.3 is 0 Å². The normalized spacial score (nSPS) is 14.0. The van der Waals surface area contributed by atoms with Gasteiger partial charge in [-0.25, -0.2) is 8.42 Å². The van der Waals surface area contributed by atoms with Crippen molar-refractivity contribution in [3.8, 4) is 0 Å². The quantitative estimate of drug-likeness (QED) is 0.389. The van der Waals surface area contributed by atoms with Gasteiger partial charge in [-0.3, -0.25) is 9.48 Å². The molecule has 2 aromatic heterocycles. The highest BCUT2D eigenvalue weighted by atomic mass is 32.2. The van der Waals surface area contributed by atoms with Crippen molar-refractivity contribution in [2.75, 3.05) is 11.4 Å². The molecule has 0 radical (unpaired) electrons. The zero-order valence-electron chi connectivity index (χ0n) is 19.6. The van der Waals surface area contributed by atoms with Crippen molar-refractivity contribution in [3.63, 3.8) is 0 Å². The standard InChI is InChI=1S/C26H26N4O3S2/c1-19-10-12-20(13-11-19)26(31)30(21-7-4-3-5-8-21)18-23-22-17-29(15-14-24(22)28(2)27-23)35(32,33)25-9-6-16-34-25/h3-13,16H,14-15,17-18H2,1-2H3. The lowest BCUT2D eigenvalue weighted by molar-refractivity contribution is 0.0984. The molecule has 4 aromatic rings. The molecule has 0 saturated heterocycles. The molecule has 0 aliphatic carbocycles. The first kappa shape index (κ1) is 23.5. The molecule has 0 atom stereocenters. The van der Waals surface area contributed by atoms with Gasteiger partial charge in [0.15, 0.2) is 0 Å². The Morgan fingerprint density at radius 2 is 1.80 bits per heavy atom. The second kappa shape index (κ2) is 9.41. The van der Waals surface area contributed by atoms with Gasteiger partial charge in [0.2, 0.25) is 0 Å². The molecule has 0 saturated carbocycles. The molecule has 1 aliphatic heterocycles. The van der Waals surface area contributed by atoms with E-state index in [4.69, 9.17) is 5.10 Å². The third-order valence-electron chi connectivity index (χ3n) is 6.30. The van der Waals surface area contributed by atoms with Gasteiger partial charge in [0, 0.05) is 49.1 Å². The van der Waals surface area contributed by atoms with Crippen LogP contribution in [0.25, 0.3) is 0 Å². The summed E-state index contributed by atoms with van der Waals surface area (Å²) in [5.74, 6) is -0.130. The number of thiophene rings is 1. The van der Waals surface area contributed by atoms with E-state index in [1.807, 2.05) is 73.3 Å². The summed E-state index contributed by atoms with van der Waals surface area (Å²) in [6.45, 7) is 2.86. The summed E-state index contributed by atoms with van der Waals surface area (Å²) in [6, 6.07) is 20.4. The highest BCUT2D eigenvalue weighted by molar-refractivity contribution is 7.91. The second-order valence-corrected chi connectivity index (χ2v) is 11.7. The maximum absolute atomic E-state index is 13.6. The Morgan fingerprint density at radius 3 is 2.49 bits per heavy atom. The van der Waals surface area contributed by atoms with Gasteiger partial charge in [0.05, 0.1) is 12.2 Å². The van der Waals surface area contributed by atoms with Crippen molar-refractivity contribution in [2.24, 2.45) is 7.05 Å². The van der Waals surface area contributed by atoms with Crippen molar-refractivity contribution in [1.29, 1.82) is 0 Å². The van der Waals surface area contributed by atoms with Crippen molar-refractivity contribution in [3.05, 3.63) is 100 Å².